The average molecular weight is 249 g/mol. The lowest BCUT2D eigenvalue weighted by Crippen LogP contribution is -2.26. The zero-order valence-electron chi connectivity index (χ0n) is 9.56. The van der Waals surface area contributed by atoms with Gasteiger partial charge in [-0.1, -0.05) is 0 Å². The van der Waals surface area contributed by atoms with Crippen molar-refractivity contribution in [2.24, 2.45) is 0 Å². The predicted octanol–water partition coefficient (Wildman–Crippen LogP) is 0.701. The lowest BCUT2D eigenvalue weighted by atomic mass is 10.2. The molecule has 0 spiro atoms. The molecule has 0 fully saturated rings. The fourth-order valence-electron chi connectivity index (χ4n) is 1.46. The Kier molecular flexibility index (Phi) is 3.95. The van der Waals surface area contributed by atoms with Crippen LogP contribution < -0.4 is 5.32 Å². The minimum absolute atomic E-state index is 0.0443. The second-order valence-electron chi connectivity index (χ2n) is 3.63. The molecule has 6 nitrogen and oxygen atoms in total. The Bertz CT molecular complexity index is 514. The number of nitrogens with zero attached hydrogens (tertiary/aromatic N) is 3. The van der Waals surface area contributed by atoms with Gasteiger partial charge < -0.3 is 5.32 Å². The number of halogens is 1. The number of H-pyrrole nitrogens is 1. The maximum absolute atomic E-state index is 13.2. The molecule has 0 aromatic carbocycles. The van der Waals surface area contributed by atoms with Crippen LogP contribution in [0.15, 0.2) is 24.7 Å². The molecule has 0 aliphatic carbocycles. The number of rotatable bonds is 5. The Hall–Kier alpha value is -2.31. The van der Waals surface area contributed by atoms with Crippen molar-refractivity contribution in [2.45, 2.75) is 12.8 Å². The van der Waals surface area contributed by atoms with Crippen LogP contribution in [0.1, 0.15) is 22.6 Å². The van der Waals surface area contributed by atoms with Crippen molar-refractivity contribution in [3.63, 3.8) is 0 Å². The highest BCUT2D eigenvalue weighted by atomic mass is 19.1. The lowest BCUT2D eigenvalue weighted by molar-refractivity contribution is 0.0948. The van der Waals surface area contributed by atoms with Crippen LogP contribution in [0.5, 0.6) is 0 Å². The Morgan fingerprint density at radius 1 is 1.44 bits per heavy atom. The van der Waals surface area contributed by atoms with Crippen LogP contribution in [0.4, 0.5) is 4.39 Å². The molecule has 0 aliphatic heterocycles. The third kappa shape index (κ3) is 3.09. The molecule has 0 aliphatic rings. The SMILES string of the molecule is O=C(NCCCc1ncn[nH]1)c1cccnc1F. The summed E-state index contributed by atoms with van der Waals surface area (Å²) >= 11 is 0. The number of hydrogen-bond acceptors (Lipinski definition) is 4. The molecule has 0 unspecified atom stereocenters. The summed E-state index contributed by atoms with van der Waals surface area (Å²) in [6.07, 6.45) is 4.10. The average Bonchev–Trinajstić information content (AvgIpc) is 2.88. The van der Waals surface area contributed by atoms with E-state index >= 15 is 0 Å². The molecule has 2 N–H and O–H groups in total. The second-order valence-corrected chi connectivity index (χ2v) is 3.63. The summed E-state index contributed by atoms with van der Waals surface area (Å²) in [6.45, 7) is 0.438. The van der Waals surface area contributed by atoms with E-state index in [0.717, 1.165) is 5.82 Å². The van der Waals surface area contributed by atoms with Crippen LogP contribution in [0, 0.1) is 5.95 Å². The van der Waals surface area contributed by atoms with E-state index in [9.17, 15) is 9.18 Å². The number of amides is 1. The van der Waals surface area contributed by atoms with E-state index in [1.165, 1.54) is 24.7 Å². The van der Waals surface area contributed by atoms with Gasteiger partial charge in [-0.3, -0.25) is 9.89 Å². The number of hydrogen-bond donors (Lipinski definition) is 2. The van der Waals surface area contributed by atoms with Gasteiger partial charge in [0.05, 0.1) is 5.56 Å². The standard InChI is InChI=1S/C11H12FN5O/c12-10-8(3-1-5-13-10)11(18)14-6-2-4-9-15-7-16-17-9/h1,3,5,7H,2,4,6H2,(H,14,18)(H,15,16,17). The molecule has 0 atom stereocenters. The Morgan fingerprint density at radius 3 is 3.06 bits per heavy atom. The summed E-state index contributed by atoms with van der Waals surface area (Å²) in [4.78, 5) is 19.0. The molecule has 0 saturated heterocycles. The van der Waals surface area contributed by atoms with Crippen molar-refractivity contribution < 1.29 is 9.18 Å². The van der Waals surface area contributed by atoms with Crippen LogP contribution in [-0.4, -0.2) is 32.6 Å². The summed E-state index contributed by atoms with van der Waals surface area (Å²) < 4.78 is 13.2. The topological polar surface area (TPSA) is 83.6 Å². The first-order valence-corrected chi connectivity index (χ1v) is 5.50. The van der Waals surface area contributed by atoms with E-state index < -0.39 is 11.9 Å². The number of aromatic nitrogens is 4. The van der Waals surface area contributed by atoms with Crippen molar-refractivity contribution >= 4 is 5.91 Å². The molecule has 7 heteroatoms. The maximum Gasteiger partial charge on any atom is 0.255 e. The highest BCUT2D eigenvalue weighted by molar-refractivity contribution is 5.94. The van der Waals surface area contributed by atoms with Crippen LogP contribution in [-0.2, 0) is 6.42 Å². The fraction of sp³-hybridized carbons (Fsp3) is 0.273. The minimum atomic E-state index is -0.759. The highest BCUT2D eigenvalue weighted by Crippen LogP contribution is 2.02. The molecule has 0 saturated carbocycles. The number of pyridine rings is 1. The largest absolute Gasteiger partial charge is 0.352 e. The van der Waals surface area contributed by atoms with Gasteiger partial charge in [0.1, 0.15) is 12.2 Å². The summed E-state index contributed by atoms with van der Waals surface area (Å²) in [7, 11) is 0. The molecule has 2 aromatic heterocycles. The van der Waals surface area contributed by atoms with Crippen LogP contribution in [0.2, 0.25) is 0 Å². The molecule has 94 valence electrons. The van der Waals surface area contributed by atoms with Crippen LogP contribution in [0.25, 0.3) is 0 Å². The first kappa shape index (κ1) is 12.2. The normalized spacial score (nSPS) is 10.3. The zero-order chi connectivity index (χ0) is 12.8. The molecule has 1 amide bonds. The summed E-state index contributed by atoms with van der Waals surface area (Å²) in [5, 5.41) is 9.06. The van der Waals surface area contributed by atoms with Gasteiger partial charge in [-0.25, -0.2) is 9.97 Å². The second kappa shape index (κ2) is 5.85. The van der Waals surface area contributed by atoms with Gasteiger partial charge in [-0.2, -0.15) is 9.49 Å². The monoisotopic (exact) mass is 249 g/mol. The Balaban J connectivity index is 1.77. The van der Waals surface area contributed by atoms with Gasteiger partial charge in [-0.15, -0.1) is 0 Å². The van der Waals surface area contributed by atoms with E-state index in [0.29, 0.717) is 19.4 Å². The van der Waals surface area contributed by atoms with E-state index in [-0.39, 0.29) is 5.56 Å². The van der Waals surface area contributed by atoms with Gasteiger partial charge >= 0.3 is 0 Å². The number of aromatic amines is 1. The molecule has 2 rings (SSSR count). The van der Waals surface area contributed by atoms with E-state index in [1.54, 1.807) is 0 Å². The number of nitrogens with one attached hydrogen (secondary N) is 2. The van der Waals surface area contributed by atoms with E-state index in [2.05, 4.69) is 25.5 Å². The van der Waals surface area contributed by atoms with E-state index in [1.807, 2.05) is 0 Å². The smallest absolute Gasteiger partial charge is 0.255 e. The minimum Gasteiger partial charge on any atom is -0.352 e. The van der Waals surface area contributed by atoms with Gasteiger partial charge in [-0.05, 0) is 18.6 Å². The quantitative estimate of drug-likeness (QED) is 0.603. The molecular weight excluding hydrogens is 237 g/mol. The third-order valence-electron chi connectivity index (χ3n) is 2.34. The molecular formula is C11H12FN5O. The predicted molar refractivity (Wildman–Crippen MR) is 61.2 cm³/mol. The molecule has 2 heterocycles. The summed E-state index contributed by atoms with van der Waals surface area (Å²) in [5.41, 5.74) is -0.0443. The van der Waals surface area contributed by atoms with Crippen molar-refractivity contribution in [3.8, 4) is 0 Å². The van der Waals surface area contributed by atoms with Crippen molar-refractivity contribution in [3.05, 3.63) is 42.0 Å². The summed E-state index contributed by atoms with van der Waals surface area (Å²) in [5.74, 6) is -0.458. The Labute approximate surface area is 103 Å². The van der Waals surface area contributed by atoms with E-state index in [4.69, 9.17) is 0 Å². The van der Waals surface area contributed by atoms with Crippen molar-refractivity contribution in [1.29, 1.82) is 0 Å². The van der Waals surface area contributed by atoms with Gasteiger partial charge in [0, 0.05) is 19.2 Å². The first-order chi connectivity index (χ1) is 8.77. The Morgan fingerprint density at radius 2 is 2.33 bits per heavy atom. The van der Waals surface area contributed by atoms with Crippen LogP contribution in [0.3, 0.4) is 0 Å². The molecule has 0 bridgehead atoms. The van der Waals surface area contributed by atoms with Crippen molar-refractivity contribution in [1.82, 2.24) is 25.5 Å². The third-order valence-corrected chi connectivity index (χ3v) is 2.34. The highest BCUT2D eigenvalue weighted by Gasteiger charge is 2.10. The number of carbonyl (C=O) groups is 1. The van der Waals surface area contributed by atoms with Crippen LogP contribution >= 0.6 is 0 Å². The van der Waals surface area contributed by atoms with Crippen molar-refractivity contribution in [2.75, 3.05) is 6.54 Å². The van der Waals surface area contributed by atoms with Gasteiger partial charge in [0.25, 0.3) is 5.91 Å². The first-order valence-electron chi connectivity index (χ1n) is 5.50. The zero-order valence-corrected chi connectivity index (χ0v) is 9.56. The maximum atomic E-state index is 13.2. The van der Waals surface area contributed by atoms with Gasteiger partial charge in [0.15, 0.2) is 0 Å². The summed E-state index contributed by atoms with van der Waals surface area (Å²) in [6, 6.07) is 2.92. The molecule has 0 radical (unpaired) electrons. The number of aryl methyl sites for hydroxylation is 1. The molecule has 18 heavy (non-hydrogen) atoms. The lowest BCUT2D eigenvalue weighted by Gasteiger charge is -2.04. The van der Waals surface area contributed by atoms with Gasteiger partial charge in [0.2, 0.25) is 5.95 Å². The fourth-order valence-corrected chi connectivity index (χ4v) is 1.46. The number of carbonyl (C=O) groups excluding carboxylic acids is 1. The molecule has 2 aromatic rings.